The number of piperidine rings is 1. The van der Waals surface area contributed by atoms with Gasteiger partial charge in [-0.3, -0.25) is 4.90 Å². The highest BCUT2D eigenvalue weighted by atomic mass is 16.4. The van der Waals surface area contributed by atoms with E-state index in [1.54, 1.807) is 0 Å². The SMILES string of the molecule is Cc1oc(-c2ccc3ccccc3c2)nc1CN1CCCC[C@H]1c1nccn1C. The van der Waals surface area contributed by atoms with Crippen molar-refractivity contribution in [2.24, 2.45) is 7.05 Å². The van der Waals surface area contributed by atoms with E-state index in [1.807, 2.05) is 19.3 Å². The van der Waals surface area contributed by atoms with Crippen molar-refractivity contribution >= 4 is 10.8 Å². The maximum Gasteiger partial charge on any atom is 0.226 e. The lowest BCUT2D eigenvalue weighted by atomic mass is 10.0. The van der Waals surface area contributed by atoms with Gasteiger partial charge in [-0.15, -0.1) is 0 Å². The topological polar surface area (TPSA) is 47.1 Å². The second-order valence-corrected chi connectivity index (χ2v) is 7.96. The van der Waals surface area contributed by atoms with Gasteiger partial charge in [-0.25, -0.2) is 9.97 Å². The smallest absolute Gasteiger partial charge is 0.226 e. The van der Waals surface area contributed by atoms with Crippen molar-refractivity contribution in [3.05, 3.63) is 72.1 Å². The first-order valence-corrected chi connectivity index (χ1v) is 10.4. The number of fused-ring (bicyclic) bond motifs is 1. The average molecular weight is 386 g/mol. The molecule has 2 aromatic carbocycles. The molecular weight excluding hydrogens is 360 g/mol. The highest BCUT2D eigenvalue weighted by Crippen LogP contribution is 2.32. The van der Waals surface area contributed by atoms with Gasteiger partial charge in [0.05, 0.1) is 11.7 Å². The highest BCUT2D eigenvalue weighted by Gasteiger charge is 2.28. The van der Waals surface area contributed by atoms with Gasteiger partial charge in [0.2, 0.25) is 5.89 Å². The van der Waals surface area contributed by atoms with Crippen molar-refractivity contribution in [2.45, 2.75) is 38.8 Å². The maximum atomic E-state index is 6.08. The third kappa shape index (κ3) is 3.47. The number of benzene rings is 2. The molecule has 0 saturated carbocycles. The van der Waals surface area contributed by atoms with Crippen molar-refractivity contribution in [3.63, 3.8) is 0 Å². The minimum Gasteiger partial charge on any atom is -0.441 e. The van der Waals surface area contributed by atoms with E-state index >= 15 is 0 Å². The van der Waals surface area contributed by atoms with Gasteiger partial charge in [0.15, 0.2) is 0 Å². The molecule has 0 radical (unpaired) electrons. The van der Waals surface area contributed by atoms with E-state index in [2.05, 4.69) is 64.0 Å². The molecule has 1 aliphatic heterocycles. The average Bonchev–Trinajstić information content (AvgIpc) is 3.34. The second-order valence-electron chi connectivity index (χ2n) is 7.96. The molecule has 148 valence electrons. The number of rotatable bonds is 4. The van der Waals surface area contributed by atoms with Gasteiger partial charge in [0.25, 0.3) is 0 Å². The third-order valence-electron chi connectivity index (χ3n) is 6.01. The Morgan fingerprint density at radius 1 is 1.10 bits per heavy atom. The van der Waals surface area contributed by atoms with Crippen LogP contribution in [0.3, 0.4) is 0 Å². The molecule has 0 unspecified atom stereocenters. The standard InChI is InChI=1S/C24H26N4O/c1-17-21(16-28-13-6-5-9-22(28)23-25-12-14-27(23)2)26-24(29-17)20-11-10-18-7-3-4-8-19(18)15-20/h3-4,7-8,10-12,14-15,22H,5-6,9,13,16H2,1-2H3/t22-/m0/s1. The lowest BCUT2D eigenvalue weighted by molar-refractivity contribution is 0.129. The summed E-state index contributed by atoms with van der Waals surface area (Å²) in [5, 5.41) is 2.43. The Balaban J connectivity index is 1.43. The van der Waals surface area contributed by atoms with Crippen LogP contribution in [0, 0.1) is 6.92 Å². The molecule has 5 heteroatoms. The van der Waals surface area contributed by atoms with E-state index in [9.17, 15) is 0 Å². The third-order valence-corrected chi connectivity index (χ3v) is 6.01. The Labute approximate surface area is 171 Å². The number of aromatic nitrogens is 3. The van der Waals surface area contributed by atoms with Crippen LogP contribution in [0.5, 0.6) is 0 Å². The monoisotopic (exact) mass is 386 g/mol. The van der Waals surface area contributed by atoms with Gasteiger partial charge >= 0.3 is 0 Å². The minimum atomic E-state index is 0.337. The summed E-state index contributed by atoms with van der Waals surface area (Å²) in [7, 11) is 2.08. The van der Waals surface area contributed by atoms with Crippen LogP contribution in [0.1, 0.15) is 42.6 Å². The lowest BCUT2D eigenvalue weighted by Crippen LogP contribution is -2.34. The van der Waals surface area contributed by atoms with Crippen molar-refractivity contribution < 1.29 is 4.42 Å². The van der Waals surface area contributed by atoms with E-state index in [1.165, 1.54) is 23.6 Å². The van der Waals surface area contributed by atoms with Gasteiger partial charge < -0.3 is 8.98 Å². The predicted molar refractivity (Wildman–Crippen MR) is 114 cm³/mol. The van der Waals surface area contributed by atoms with Gasteiger partial charge in [0.1, 0.15) is 11.6 Å². The molecule has 1 fully saturated rings. The summed E-state index contributed by atoms with van der Waals surface area (Å²) < 4.78 is 8.22. The number of hydrogen-bond donors (Lipinski definition) is 0. The minimum absolute atomic E-state index is 0.337. The fraction of sp³-hybridized carbons (Fsp3) is 0.333. The molecule has 5 nitrogen and oxygen atoms in total. The summed E-state index contributed by atoms with van der Waals surface area (Å²) in [5.74, 6) is 2.74. The van der Waals surface area contributed by atoms with Gasteiger partial charge in [0, 0.05) is 31.5 Å². The molecule has 0 N–H and O–H groups in total. The summed E-state index contributed by atoms with van der Waals surface area (Å²) in [6.07, 6.45) is 7.52. The summed E-state index contributed by atoms with van der Waals surface area (Å²) in [5.41, 5.74) is 2.05. The van der Waals surface area contributed by atoms with Crippen LogP contribution in [0.4, 0.5) is 0 Å². The molecule has 1 aliphatic rings. The molecule has 5 rings (SSSR count). The molecule has 1 saturated heterocycles. The molecule has 0 bridgehead atoms. The maximum absolute atomic E-state index is 6.08. The predicted octanol–water partition coefficient (Wildman–Crippen LogP) is 5.26. The molecule has 29 heavy (non-hydrogen) atoms. The normalized spacial score (nSPS) is 17.8. The van der Waals surface area contributed by atoms with Crippen molar-refractivity contribution in [2.75, 3.05) is 6.54 Å². The van der Waals surface area contributed by atoms with E-state index in [-0.39, 0.29) is 0 Å². The van der Waals surface area contributed by atoms with Crippen LogP contribution in [-0.2, 0) is 13.6 Å². The van der Waals surface area contributed by atoms with E-state index in [0.717, 1.165) is 42.4 Å². The zero-order valence-electron chi connectivity index (χ0n) is 17.0. The zero-order chi connectivity index (χ0) is 19.8. The van der Waals surface area contributed by atoms with Crippen molar-refractivity contribution in [1.29, 1.82) is 0 Å². The second kappa shape index (κ2) is 7.48. The number of imidazole rings is 1. The molecule has 0 spiro atoms. The Morgan fingerprint density at radius 3 is 2.79 bits per heavy atom. The van der Waals surface area contributed by atoms with Gasteiger partial charge in [-0.1, -0.05) is 36.8 Å². The van der Waals surface area contributed by atoms with Gasteiger partial charge in [-0.05, 0) is 49.2 Å². The van der Waals surface area contributed by atoms with E-state index < -0.39 is 0 Å². The molecule has 0 aliphatic carbocycles. The number of oxazole rings is 1. The van der Waals surface area contributed by atoms with Crippen LogP contribution < -0.4 is 0 Å². The number of likely N-dealkylation sites (tertiary alicyclic amines) is 1. The summed E-state index contributed by atoms with van der Waals surface area (Å²) in [6, 6.07) is 15.1. The van der Waals surface area contributed by atoms with Crippen LogP contribution >= 0.6 is 0 Å². The van der Waals surface area contributed by atoms with E-state index in [0.29, 0.717) is 11.9 Å². The van der Waals surface area contributed by atoms with Crippen LogP contribution in [0.15, 0.2) is 59.3 Å². The molecule has 4 aromatic rings. The fourth-order valence-electron chi connectivity index (χ4n) is 4.38. The Morgan fingerprint density at radius 2 is 1.97 bits per heavy atom. The van der Waals surface area contributed by atoms with E-state index in [4.69, 9.17) is 9.40 Å². The Hall–Kier alpha value is -2.92. The Kier molecular flexibility index (Phi) is 4.68. The van der Waals surface area contributed by atoms with Crippen LogP contribution in [0.25, 0.3) is 22.2 Å². The summed E-state index contributed by atoms with van der Waals surface area (Å²) in [4.78, 5) is 12.0. The van der Waals surface area contributed by atoms with Crippen molar-refractivity contribution in [1.82, 2.24) is 19.4 Å². The zero-order valence-corrected chi connectivity index (χ0v) is 17.0. The van der Waals surface area contributed by atoms with Crippen LogP contribution in [0.2, 0.25) is 0 Å². The first-order chi connectivity index (χ1) is 14.2. The molecule has 1 atom stereocenters. The first kappa shape index (κ1) is 18.1. The molecule has 0 amide bonds. The lowest BCUT2D eigenvalue weighted by Gasteiger charge is -2.34. The quantitative estimate of drug-likeness (QED) is 0.480. The first-order valence-electron chi connectivity index (χ1n) is 10.4. The summed E-state index contributed by atoms with van der Waals surface area (Å²) in [6.45, 7) is 3.88. The van der Waals surface area contributed by atoms with Gasteiger partial charge in [-0.2, -0.15) is 0 Å². The highest BCUT2D eigenvalue weighted by molar-refractivity contribution is 5.86. The largest absolute Gasteiger partial charge is 0.441 e. The molecular formula is C24H26N4O. The molecule has 3 heterocycles. The summed E-state index contributed by atoms with van der Waals surface area (Å²) >= 11 is 0. The number of nitrogens with zero attached hydrogens (tertiary/aromatic N) is 4. The molecule has 2 aromatic heterocycles. The Bertz CT molecular complexity index is 1140. The number of aryl methyl sites for hydroxylation is 2. The van der Waals surface area contributed by atoms with Crippen LogP contribution in [-0.4, -0.2) is 26.0 Å². The van der Waals surface area contributed by atoms with Crippen molar-refractivity contribution in [3.8, 4) is 11.5 Å². The fourth-order valence-corrected chi connectivity index (χ4v) is 4.38. The number of hydrogen-bond acceptors (Lipinski definition) is 4.